The van der Waals surface area contributed by atoms with Crippen molar-refractivity contribution in [1.29, 1.82) is 0 Å². The van der Waals surface area contributed by atoms with E-state index in [0.29, 0.717) is 6.61 Å². The maximum atomic E-state index is 5.48. The van der Waals surface area contributed by atoms with Gasteiger partial charge in [-0.3, -0.25) is 4.90 Å². The summed E-state index contributed by atoms with van der Waals surface area (Å²) in [5.41, 5.74) is 1.07. The summed E-state index contributed by atoms with van der Waals surface area (Å²) in [5, 5.41) is 14.1. The van der Waals surface area contributed by atoms with Crippen LogP contribution in [0.5, 0.6) is 5.75 Å². The van der Waals surface area contributed by atoms with E-state index in [1.54, 1.807) is 11.3 Å². The van der Waals surface area contributed by atoms with Crippen LogP contribution in [-0.2, 0) is 6.54 Å². The van der Waals surface area contributed by atoms with Gasteiger partial charge in [0.2, 0.25) is 4.96 Å². The van der Waals surface area contributed by atoms with Crippen LogP contribution in [0.25, 0.3) is 15.5 Å². The molecule has 0 N–H and O–H groups in total. The second-order valence-corrected chi connectivity index (χ2v) is 6.09. The van der Waals surface area contributed by atoms with Gasteiger partial charge in [-0.1, -0.05) is 25.2 Å². The van der Waals surface area contributed by atoms with E-state index < -0.39 is 0 Å². The molecule has 0 aliphatic rings. The minimum Gasteiger partial charge on any atom is -0.494 e. The number of aromatic nitrogens is 4. The first kappa shape index (κ1) is 15.9. The van der Waals surface area contributed by atoms with Crippen molar-refractivity contribution in [2.45, 2.75) is 27.3 Å². The lowest BCUT2D eigenvalue weighted by atomic mass is 10.2. The second-order valence-electron chi connectivity index (χ2n) is 5.14. The van der Waals surface area contributed by atoms with Crippen molar-refractivity contribution in [3.05, 3.63) is 30.1 Å². The molecule has 23 heavy (non-hydrogen) atoms. The molecule has 7 heteroatoms. The lowest BCUT2D eigenvalue weighted by Gasteiger charge is -2.15. The summed E-state index contributed by atoms with van der Waals surface area (Å²) in [5.74, 6) is 1.76. The standard InChI is InChI=1S/C16H21N5OS/c1-4-20(5-2)11-14-17-18-16-21(14)19-15(23-16)12-7-9-13(10-8-12)22-6-3/h7-10H,4-6,11H2,1-3H3. The fraction of sp³-hybridized carbons (Fsp3) is 0.438. The molecule has 0 atom stereocenters. The van der Waals surface area contributed by atoms with Crippen LogP contribution in [0, 0.1) is 0 Å². The van der Waals surface area contributed by atoms with Crippen molar-refractivity contribution >= 4 is 16.3 Å². The van der Waals surface area contributed by atoms with Crippen molar-refractivity contribution in [2.75, 3.05) is 19.7 Å². The zero-order valence-corrected chi connectivity index (χ0v) is 14.5. The number of ether oxygens (including phenoxy) is 1. The highest BCUT2D eigenvalue weighted by Gasteiger charge is 2.14. The van der Waals surface area contributed by atoms with Crippen LogP contribution < -0.4 is 4.74 Å². The average molecular weight is 331 g/mol. The van der Waals surface area contributed by atoms with Crippen LogP contribution in [0.2, 0.25) is 0 Å². The Morgan fingerprint density at radius 2 is 1.83 bits per heavy atom. The summed E-state index contributed by atoms with van der Waals surface area (Å²) in [6.07, 6.45) is 0. The van der Waals surface area contributed by atoms with Gasteiger partial charge in [0.05, 0.1) is 13.2 Å². The largest absolute Gasteiger partial charge is 0.494 e. The zero-order chi connectivity index (χ0) is 16.2. The van der Waals surface area contributed by atoms with E-state index in [9.17, 15) is 0 Å². The summed E-state index contributed by atoms with van der Waals surface area (Å²) in [6.45, 7) is 9.68. The third-order valence-corrected chi connectivity index (χ3v) is 4.68. The lowest BCUT2D eigenvalue weighted by Crippen LogP contribution is -2.23. The highest BCUT2D eigenvalue weighted by atomic mass is 32.1. The van der Waals surface area contributed by atoms with Crippen LogP contribution in [0.3, 0.4) is 0 Å². The Morgan fingerprint density at radius 3 is 2.48 bits per heavy atom. The molecule has 1 aromatic carbocycles. The van der Waals surface area contributed by atoms with Gasteiger partial charge in [0, 0.05) is 5.56 Å². The number of nitrogens with zero attached hydrogens (tertiary/aromatic N) is 5. The number of fused-ring (bicyclic) bond motifs is 1. The molecule has 0 aliphatic heterocycles. The smallest absolute Gasteiger partial charge is 0.235 e. The number of rotatable bonds is 7. The topological polar surface area (TPSA) is 55.6 Å². The molecule has 0 saturated heterocycles. The molecule has 0 aliphatic carbocycles. The lowest BCUT2D eigenvalue weighted by molar-refractivity contribution is 0.286. The van der Waals surface area contributed by atoms with Crippen molar-refractivity contribution in [3.63, 3.8) is 0 Å². The summed E-state index contributed by atoms with van der Waals surface area (Å²) in [7, 11) is 0. The van der Waals surface area contributed by atoms with Gasteiger partial charge >= 0.3 is 0 Å². The Morgan fingerprint density at radius 1 is 1.09 bits per heavy atom. The van der Waals surface area contributed by atoms with Crippen LogP contribution >= 0.6 is 11.3 Å². The predicted molar refractivity (Wildman–Crippen MR) is 91.9 cm³/mol. The van der Waals surface area contributed by atoms with Crippen LogP contribution in [-0.4, -0.2) is 44.4 Å². The summed E-state index contributed by atoms with van der Waals surface area (Å²) >= 11 is 1.55. The van der Waals surface area contributed by atoms with Gasteiger partial charge in [-0.15, -0.1) is 10.2 Å². The van der Waals surface area contributed by atoms with E-state index in [1.165, 1.54) is 0 Å². The van der Waals surface area contributed by atoms with Gasteiger partial charge < -0.3 is 4.74 Å². The van der Waals surface area contributed by atoms with Gasteiger partial charge in [-0.05, 0) is 44.3 Å². The maximum Gasteiger partial charge on any atom is 0.235 e. The molecule has 6 nitrogen and oxygen atoms in total. The molecule has 122 valence electrons. The Bertz CT molecular complexity index is 760. The van der Waals surface area contributed by atoms with Crippen molar-refractivity contribution < 1.29 is 4.74 Å². The SMILES string of the molecule is CCOc1ccc(-c2nn3c(CN(CC)CC)nnc3s2)cc1. The molecule has 0 amide bonds. The van der Waals surface area contributed by atoms with Crippen LogP contribution in [0.4, 0.5) is 0 Å². The van der Waals surface area contributed by atoms with E-state index in [1.807, 2.05) is 35.7 Å². The normalized spacial score (nSPS) is 11.5. The molecular formula is C16H21N5OS. The van der Waals surface area contributed by atoms with Crippen molar-refractivity contribution in [3.8, 4) is 16.3 Å². The molecule has 0 radical (unpaired) electrons. The van der Waals surface area contributed by atoms with E-state index in [2.05, 4.69) is 34.0 Å². The fourth-order valence-corrected chi connectivity index (χ4v) is 3.24. The summed E-state index contributed by atoms with van der Waals surface area (Å²) in [6, 6.07) is 8.00. The first-order valence-electron chi connectivity index (χ1n) is 7.91. The quantitative estimate of drug-likeness (QED) is 0.666. The van der Waals surface area contributed by atoms with E-state index in [4.69, 9.17) is 4.74 Å². The Kier molecular flexibility index (Phi) is 4.88. The Labute approximate surface area is 139 Å². The van der Waals surface area contributed by atoms with E-state index >= 15 is 0 Å². The minimum absolute atomic E-state index is 0.671. The molecule has 0 fully saturated rings. The Balaban J connectivity index is 1.86. The van der Waals surface area contributed by atoms with Gasteiger partial charge in [-0.2, -0.15) is 9.61 Å². The number of hydrogen-bond acceptors (Lipinski definition) is 6. The third-order valence-electron chi connectivity index (χ3n) is 3.73. The molecule has 0 spiro atoms. The Hall–Kier alpha value is -1.99. The summed E-state index contributed by atoms with van der Waals surface area (Å²) < 4.78 is 7.33. The van der Waals surface area contributed by atoms with Gasteiger partial charge in [0.15, 0.2) is 5.82 Å². The average Bonchev–Trinajstić information content (AvgIpc) is 3.15. The maximum absolute atomic E-state index is 5.48. The number of hydrogen-bond donors (Lipinski definition) is 0. The highest BCUT2D eigenvalue weighted by Crippen LogP contribution is 2.27. The van der Waals surface area contributed by atoms with Gasteiger partial charge in [-0.25, -0.2) is 0 Å². The second kappa shape index (κ2) is 7.06. The van der Waals surface area contributed by atoms with Crippen molar-refractivity contribution in [2.24, 2.45) is 0 Å². The molecule has 3 aromatic rings. The highest BCUT2D eigenvalue weighted by molar-refractivity contribution is 7.19. The predicted octanol–water partition coefficient (Wildman–Crippen LogP) is 3.09. The molecule has 2 heterocycles. The van der Waals surface area contributed by atoms with Crippen LogP contribution in [0.15, 0.2) is 24.3 Å². The van der Waals surface area contributed by atoms with E-state index in [0.717, 1.165) is 46.7 Å². The first-order valence-corrected chi connectivity index (χ1v) is 8.73. The molecular weight excluding hydrogens is 310 g/mol. The first-order chi connectivity index (χ1) is 11.2. The minimum atomic E-state index is 0.671. The molecule has 0 unspecified atom stereocenters. The number of benzene rings is 1. The monoisotopic (exact) mass is 331 g/mol. The molecule has 3 rings (SSSR count). The molecule has 2 aromatic heterocycles. The molecule has 0 saturated carbocycles. The third kappa shape index (κ3) is 3.35. The summed E-state index contributed by atoms with van der Waals surface area (Å²) in [4.78, 5) is 3.13. The van der Waals surface area contributed by atoms with Gasteiger partial charge in [0.25, 0.3) is 0 Å². The van der Waals surface area contributed by atoms with Crippen molar-refractivity contribution in [1.82, 2.24) is 24.7 Å². The zero-order valence-electron chi connectivity index (χ0n) is 13.7. The van der Waals surface area contributed by atoms with Gasteiger partial charge in [0.1, 0.15) is 10.8 Å². The fourth-order valence-electron chi connectivity index (χ4n) is 2.38. The van der Waals surface area contributed by atoms with E-state index in [-0.39, 0.29) is 0 Å². The molecule has 0 bridgehead atoms. The van der Waals surface area contributed by atoms with Crippen LogP contribution in [0.1, 0.15) is 26.6 Å².